The van der Waals surface area contributed by atoms with Crippen LogP contribution < -0.4 is 11.5 Å². The molecule has 0 aromatic carbocycles. The molecular weight excluding hydrogens is 658 g/mol. The van der Waals surface area contributed by atoms with Gasteiger partial charge in [-0.05, 0) is 30.5 Å². The van der Waals surface area contributed by atoms with Crippen molar-refractivity contribution in [1.82, 2.24) is 24.5 Å². The number of fused-ring (bicyclic) bond motifs is 1. The van der Waals surface area contributed by atoms with Crippen LogP contribution in [0.2, 0.25) is 0 Å². The molecule has 2 saturated heterocycles. The van der Waals surface area contributed by atoms with Gasteiger partial charge in [-0.2, -0.15) is 13.2 Å². The molecule has 5 rings (SSSR count). The number of carbonyl (C=O) groups excluding carboxylic acids is 1. The molecule has 2 fully saturated rings. The summed E-state index contributed by atoms with van der Waals surface area (Å²) >= 11 is 0. The number of esters is 1. The number of rotatable bonds is 8. The lowest BCUT2D eigenvalue weighted by atomic mass is 9.95. The van der Waals surface area contributed by atoms with Crippen LogP contribution in [0.4, 0.5) is 19.0 Å². The lowest BCUT2D eigenvalue weighted by Gasteiger charge is -2.32. The van der Waals surface area contributed by atoms with Crippen molar-refractivity contribution in [3.05, 3.63) is 42.7 Å². The van der Waals surface area contributed by atoms with E-state index in [4.69, 9.17) is 44.4 Å². The second-order valence-corrected chi connectivity index (χ2v) is 12.6. The monoisotopic (exact) mass is 691 g/mol. The molecule has 0 saturated carbocycles. The van der Waals surface area contributed by atoms with Gasteiger partial charge in [0.2, 0.25) is 0 Å². The third kappa shape index (κ3) is 8.21. The lowest BCUT2D eigenvalue weighted by Crippen LogP contribution is -2.50. The number of hydrogen-bond acceptors (Lipinski definition) is 15. The average Bonchev–Trinajstić information content (AvgIpc) is 3.54. The Morgan fingerprint density at radius 1 is 1.23 bits per heavy atom. The van der Waals surface area contributed by atoms with Crippen LogP contribution in [0.25, 0.3) is 11.2 Å². The fourth-order valence-corrected chi connectivity index (χ4v) is 6.02. The van der Waals surface area contributed by atoms with Crippen molar-refractivity contribution in [1.29, 1.82) is 0 Å². The third-order valence-electron chi connectivity index (χ3n) is 7.19. The summed E-state index contributed by atoms with van der Waals surface area (Å²) in [5.41, 5.74) is 11.4. The van der Waals surface area contributed by atoms with Crippen molar-refractivity contribution < 1.29 is 60.6 Å². The highest BCUT2D eigenvalue weighted by atomic mass is 31.2. The molecule has 47 heavy (non-hydrogen) atoms. The number of carboxylic acid groups (broad SMARTS) is 1. The maximum atomic E-state index is 13.4. The van der Waals surface area contributed by atoms with E-state index < -0.39 is 68.7 Å². The molecule has 0 bridgehead atoms. The van der Waals surface area contributed by atoms with Crippen molar-refractivity contribution in [2.45, 2.75) is 69.6 Å². The van der Waals surface area contributed by atoms with Crippen LogP contribution in [0.1, 0.15) is 45.1 Å². The topological polar surface area (TPSA) is 246 Å². The van der Waals surface area contributed by atoms with Gasteiger partial charge in [0.05, 0.1) is 25.6 Å². The Morgan fingerprint density at radius 3 is 2.51 bits per heavy atom. The number of nitrogens with zero attached hydrogens (tertiary/aromatic N) is 5. The average molecular weight is 692 g/mol. The molecule has 5 heterocycles. The molecule has 7 atom stereocenters. The van der Waals surface area contributed by atoms with Crippen molar-refractivity contribution in [3.63, 3.8) is 0 Å². The van der Waals surface area contributed by atoms with Crippen molar-refractivity contribution in [3.8, 4) is 0 Å². The number of hydrogen-bond donors (Lipinski definition) is 4. The first-order chi connectivity index (χ1) is 21.9. The number of aromatic nitrogens is 5. The van der Waals surface area contributed by atoms with Gasteiger partial charge < -0.3 is 31.2 Å². The van der Waals surface area contributed by atoms with Gasteiger partial charge in [-0.25, -0.2) is 24.3 Å². The summed E-state index contributed by atoms with van der Waals surface area (Å²) in [7, 11) is -4.05. The van der Waals surface area contributed by atoms with Gasteiger partial charge in [0.15, 0.2) is 23.8 Å². The number of carboxylic acids is 1. The van der Waals surface area contributed by atoms with Gasteiger partial charge in [0, 0.05) is 18.8 Å². The first-order valence-electron chi connectivity index (χ1n) is 14.0. The summed E-state index contributed by atoms with van der Waals surface area (Å²) in [4.78, 5) is 38.1. The molecule has 3 aromatic heterocycles. The van der Waals surface area contributed by atoms with Gasteiger partial charge in [0.1, 0.15) is 29.6 Å². The van der Waals surface area contributed by atoms with E-state index in [-0.39, 0.29) is 24.0 Å². The molecule has 258 valence electrons. The quantitative estimate of drug-likeness (QED) is 0.195. The lowest BCUT2D eigenvalue weighted by molar-refractivity contribution is -0.192. The zero-order valence-electron chi connectivity index (χ0n) is 25.2. The number of aliphatic hydroxyl groups is 1. The Balaban J connectivity index is 0.000000644. The van der Waals surface area contributed by atoms with Gasteiger partial charge in [-0.1, -0.05) is 13.8 Å². The summed E-state index contributed by atoms with van der Waals surface area (Å²) in [5.74, 6) is -3.59. The highest BCUT2D eigenvalue weighted by Crippen LogP contribution is 2.57. The van der Waals surface area contributed by atoms with E-state index >= 15 is 0 Å². The number of ether oxygens (including phenoxy) is 2. The molecule has 6 N–H and O–H groups in total. The first kappa shape index (κ1) is 36.1. The molecule has 21 heteroatoms. The third-order valence-corrected chi connectivity index (χ3v) is 8.67. The molecule has 0 radical (unpaired) electrons. The van der Waals surface area contributed by atoms with E-state index in [2.05, 4.69) is 19.9 Å². The van der Waals surface area contributed by atoms with Crippen molar-refractivity contribution in [2.24, 2.45) is 11.7 Å². The Hall–Kier alpha value is -3.78. The number of phosphoric ester groups is 1. The van der Waals surface area contributed by atoms with Gasteiger partial charge in [-0.3, -0.25) is 27.9 Å². The number of phosphoric acid groups is 1. The van der Waals surface area contributed by atoms with Crippen LogP contribution in [0.15, 0.2) is 37.2 Å². The molecule has 0 aliphatic carbocycles. The minimum atomic E-state index is -5.08. The van der Waals surface area contributed by atoms with Crippen LogP contribution in [0.3, 0.4) is 0 Å². The molecule has 3 aromatic rings. The Morgan fingerprint density at radius 2 is 1.89 bits per heavy atom. The molecule has 0 unspecified atom stereocenters. The number of nitrogens with two attached hydrogens (primary N) is 2. The summed E-state index contributed by atoms with van der Waals surface area (Å²) < 4.78 is 75.2. The SMILES string of the molecule is CC(C)[C@H](N)C(=O)O[C@@H]1[C@@H](CO[P@@]2(=O)OCC[C@@H](c3ccncc3)O2)O[C@@H](n2cnc3c(N)ncnc32)[C@]1(C)O.O=C(O)C(F)(F)F. The smallest absolute Gasteiger partial charge is 0.475 e. The van der Waals surface area contributed by atoms with Crippen molar-refractivity contribution >= 4 is 36.7 Å². The predicted octanol–water partition coefficient (Wildman–Crippen LogP) is 2.28. The summed E-state index contributed by atoms with van der Waals surface area (Å²) in [6.45, 7) is 4.68. The molecule has 2 aliphatic heterocycles. The number of imidazole rings is 1. The van der Waals surface area contributed by atoms with E-state index in [1.807, 2.05) is 0 Å². The Labute approximate surface area is 265 Å². The van der Waals surface area contributed by atoms with Crippen LogP contribution in [-0.2, 0) is 37.2 Å². The maximum absolute atomic E-state index is 13.4. The van der Waals surface area contributed by atoms with Gasteiger partial charge in [0.25, 0.3) is 0 Å². The zero-order chi connectivity index (χ0) is 34.7. The van der Waals surface area contributed by atoms with Crippen LogP contribution in [0.5, 0.6) is 0 Å². The number of aliphatic carboxylic acids is 1. The van der Waals surface area contributed by atoms with E-state index in [0.29, 0.717) is 11.9 Å². The number of halogens is 3. The predicted molar refractivity (Wildman–Crippen MR) is 153 cm³/mol. The van der Waals surface area contributed by atoms with Gasteiger partial charge >= 0.3 is 25.9 Å². The minimum Gasteiger partial charge on any atom is -0.475 e. The molecule has 0 spiro atoms. The number of nitrogen functional groups attached to an aromatic ring is 1. The molecule has 17 nitrogen and oxygen atoms in total. The number of pyridine rings is 1. The highest BCUT2D eigenvalue weighted by Gasteiger charge is 2.57. The number of carbonyl (C=O) groups is 2. The fraction of sp³-hybridized carbons (Fsp3) is 0.538. The summed E-state index contributed by atoms with van der Waals surface area (Å²) in [5, 5.41) is 18.8. The van der Waals surface area contributed by atoms with Gasteiger partial charge in [-0.15, -0.1) is 0 Å². The second kappa shape index (κ2) is 14.1. The van der Waals surface area contributed by atoms with E-state index in [0.717, 1.165) is 5.56 Å². The zero-order valence-corrected chi connectivity index (χ0v) is 26.1. The Kier molecular flexibility index (Phi) is 10.9. The standard InChI is InChI=1S/C24H32N7O8P.C2HF3O2/c1-13(2)17(25)22(32)38-19-16(10-36-40(34)35-9-6-15(39-40)14-4-7-27-8-5-14)37-23(24(19,3)33)31-12-30-18-20(26)28-11-29-21(18)31;3-2(4,5)1(6)7/h4-5,7-8,11-13,15-17,19,23,33H,6,9-10,25H2,1-3H3,(H2,26,28,29);(H,6,7)/t15-,16+,17-,19+,23+,24+,40+;/m0./s1. The second-order valence-electron chi connectivity index (χ2n) is 11.0. The van der Waals surface area contributed by atoms with Crippen LogP contribution >= 0.6 is 7.82 Å². The Bertz CT molecular complexity index is 1610. The molecular formula is C26H33F3N7O10P. The normalized spacial score (nSPS) is 28.4. The van der Waals surface area contributed by atoms with E-state index in [1.54, 1.807) is 38.4 Å². The first-order valence-corrected chi connectivity index (χ1v) is 15.4. The fourth-order valence-electron chi connectivity index (χ4n) is 4.63. The molecule has 2 aliphatic rings. The van der Waals surface area contributed by atoms with E-state index in [9.17, 15) is 27.6 Å². The summed E-state index contributed by atoms with van der Waals surface area (Å²) in [6, 6.07) is 2.55. The van der Waals surface area contributed by atoms with Crippen LogP contribution in [0, 0.1) is 5.92 Å². The maximum Gasteiger partial charge on any atom is 0.490 e. The minimum absolute atomic E-state index is 0.125. The molecule has 0 amide bonds. The number of alkyl halides is 3. The number of anilines is 1. The van der Waals surface area contributed by atoms with E-state index in [1.165, 1.54) is 24.1 Å². The van der Waals surface area contributed by atoms with Crippen LogP contribution in [-0.4, -0.2) is 89.9 Å². The largest absolute Gasteiger partial charge is 0.490 e. The van der Waals surface area contributed by atoms with Crippen molar-refractivity contribution in [2.75, 3.05) is 18.9 Å². The summed E-state index contributed by atoms with van der Waals surface area (Å²) in [6.07, 6.45) is -2.89. The highest BCUT2D eigenvalue weighted by molar-refractivity contribution is 7.48.